The van der Waals surface area contributed by atoms with E-state index in [0.29, 0.717) is 13.2 Å². The minimum Gasteiger partial charge on any atom is -0.487 e. The molecule has 0 aliphatic carbocycles. The van der Waals surface area contributed by atoms with Crippen LogP contribution in [0.5, 0.6) is 5.75 Å². The fourth-order valence-electron chi connectivity index (χ4n) is 2.27. The van der Waals surface area contributed by atoms with Crippen molar-refractivity contribution in [1.82, 2.24) is 15.3 Å². The second-order valence-corrected chi connectivity index (χ2v) is 5.90. The fraction of sp³-hybridized carbons (Fsp3) is 0.250. The minimum absolute atomic E-state index is 0.0397. The summed E-state index contributed by atoms with van der Waals surface area (Å²) < 4.78 is 5.85. The number of aromatic nitrogens is 2. The molecule has 0 saturated heterocycles. The zero-order valence-corrected chi connectivity index (χ0v) is 13.3. The summed E-state index contributed by atoms with van der Waals surface area (Å²) in [6, 6.07) is 6.12. The highest BCUT2D eigenvalue weighted by molar-refractivity contribution is 7.07. The standard InChI is InChI=1S/C16H17N3O2S/c1-10-3-12-4-13(6-17-11(2)20)19-15(12)5-16(10)21-7-14-8-22-9-18-14/h3-5,8-9,19H,6-7H2,1-2H3,(H,17,20). The Labute approximate surface area is 132 Å². The van der Waals surface area contributed by atoms with E-state index in [4.69, 9.17) is 4.74 Å². The maximum atomic E-state index is 11.0. The Bertz CT molecular complexity index is 793. The first kappa shape index (κ1) is 14.6. The number of H-pyrrole nitrogens is 1. The molecule has 0 spiro atoms. The van der Waals surface area contributed by atoms with E-state index in [1.807, 2.05) is 24.4 Å². The summed E-state index contributed by atoms with van der Waals surface area (Å²) in [5.74, 6) is 0.801. The quantitative estimate of drug-likeness (QED) is 0.760. The topological polar surface area (TPSA) is 67.0 Å². The van der Waals surface area contributed by atoms with E-state index in [2.05, 4.69) is 21.4 Å². The Morgan fingerprint density at radius 2 is 2.27 bits per heavy atom. The molecule has 5 nitrogen and oxygen atoms in total. The number of rotatable bonds is 5. The summed E-state index contributed by atoms with van der Waals surface area (Å²) in [6.07, 6.45) is 0. The summed E-state index contributed by atoms with van der Waals surface area (Å²) in [5, 5.41) is 5.88. The van der Waals surface area contributed by atoms with Crippen LogP contribution in [0.3, 0.4) is 0 Å². The first-order chi connectivity index (χ1) is 10.6. The van der Waals surface area contributed by atoms with Gasteiger partial charge >= 0.3 is 0 Å². The molecular formula is C16H17N3O2S. The third kappa shape index (κ3) is 3.28. The van der Waals surface area contributed by atoms with Gasteiger partial charge in [0.15, 0.2) is 0 Å². The molecule has 0 aliphatic rings. The molecular weight excluding hydrogens is 298 g/mol. The van der Waals surface area contributed by atoms with Crippen molar-refractivity contribution in [2.75, 3.05) is 0 Å². The van der Waals surface area contributed by atoms with Gasteiger partial charge in [-0.2, -0.15) is 0 Å². The Morgan fingerprint density at radius 1 is 1.41 bits per heavy atom. The molecule has 0 fully saturated rings. The summed E-state index contributed by atoms with van der Waals surface area (Å²) in [6.45, 7) is 4.50. The Hall–Kier alpha value is -2.34. The van der Waals surface area contributed by atoms with Gasteiger partial charge in [-0.15, -0.1) is 11.3 Å². The monoisotopic (exact) mass is 315 g/mol. The van der Waals surface area contributed by atoms with Gasteiger partial charge in [0.05, 0.1) is 17.7 Å². The number of hydrogen-bond acceptors (Lipinski definition) is 4. The van der Waals surface area contributed by atoms with Crippen LogP contribution in [0.4, 0.5) is 0 Å². The normalized spacial score (nSPS) is 10.8. The zero-order chi connectivity index (χ0) is 15.5. The zero-order valence-electron chi connectivity index (χ0n) is 12.5. The van der Waals surface area contributed by atoms with Gasteiger partial charge in [-0.05, 0) is 24.6 Å². The van der Waals surface area contributed by atoms with E-state index >= 15 is 0 Å². The summed E-state index contributed by atoms with van der Waals surface area (Å²) in [5.41, 5.74) is 5.78. The van der Waals surface area contributed by atoms with Crippen molar-refractivity contribution < 1.29 is 9.53 Å². The average Bonchev–Trinajstić information content (AvgIpc) is 3.11. The minimum atomic E-state index is -0.0397. The molecule has 0 radical (unpaired) electrons. The van der Waals surface area contributed by atoms with Crippen LogP contribution in [-0.4, -0.2) is 15.9 Å². The number of hydrogen-bond donors (Lipinski definition) is 2. The molecule has 3 rings (SSSR count). The lowest BCUT2D eigenvalue weighted by molar-refractivity contribution is -0.119. The number of ether oxygens (including phenoxy) is 1. The summed E-state index contributed by atoms with van der Waals surface area (Å²) >= 11 is 1.56. The number of aryl methyl sites for hydroxylation is 1. The number of aromatic amines is 1. The number of carbonyl (C=O) groups is 1. The number of carbonyl (C=O) groups excluding carboxylic acids is 1. The number of nitrogens with one attached hydrogen (secondary N) is 2. The Kier molecular flexibility index (Phi) is 4.11. The molecule has 0 atom stereocenters. The Balaban J connectivity index is 1.79. The maximum Gasteiger partial charge on any atom is 0.217 e. The van der Waals surface area contributed by atoms with Gasteiger partial charge in [-0.1, -0.05) is 0 Å². The third-order valence-electron chi connectivity index (χ3n) is 3.36. The number of amides is 1. The highest BCUT2D eigenvalue weighted by Crippen LogP contribution is 2.26. The van der Waals surface area contributed by atoms with E-state index < -0.39 is 0 Å². The van der Waals surface area contributed by atoms with Crippen LogP contribution in [0.1, 0.15) is 23.9 Å². The molecule has 1 amide bonds. The molecule has 0 aliphatic heterocycles. The van der Waals surface area contributed by atoms with E-state index in [1.165, 1.54) is 6.92 Å². The van der Waals surface area contributed by atoms with Gasteiger partial charge in [0.1, 0.15) is 12.4 Å². The largest absolute Gasteiger partial charge is 0.487 e. The van der Waals surface area contributed by atoms with Gasteiger partial charge < -0.3 is 15.0 Å². The smallest absolute Gasteiger partial charge is 0.217 e. The molecule has 0 bridgehead atoms. The number of thiazole rings is 1. The van der Waals surface area contributed by atoms with E-state index in [0.717, 1.165) is 33.6 Å². The first-order valence-corrected chi connectivity index (χ1v) is 7.92. The van der Waals surface area contributed by atoms with Gasteiger partial charge in [-0.3, -0.25) is 4.79 Å². The molecule has 22 heavy (non-hydrogen) atoms. The Morgan fingerprint density at radius 3 is 3.00 bits per heavy atom. The van der Waals surface area contributed by atoms with Crippen molar-refractivity contribution in [2.24, 2.45) is 0 Å². The van der Waals surface area contributed by atoms with Crippen molar-refractivity contribution in [1.29, 1.82) is 0 Å². The van der Waals surface area contributed by atoms with Crippen molar-refractivity contribution in [3.63, 3.8) is 0 Å². The molecule has 3 aromatic rings. The number of benzene rings is 1. The predicted molar refractivity (Wildman–Crippen MR) is 87.0 cm³/mol. The second-order valence-electron chi connectivity index (χ2n) is 5.18. The van der Waals surface area contributed by atoms with Gasteiger partial charge in [0, 0.05) is 35.0 Å². The van der Waals surface area contributed by atoms with Crippen LogP contribution in [0.25, 0.3) is 10.9 Å². The van der Waals surface area contributed by atoms with Crippen molar-refractivity contribution in [3.05, 3.63) is 46.0 Å². The first-order valence-electron chi connectivity index (χ1n) is 6.98. The lowest BCUT2D eigenvalue weighted by atomic mass is 10.1. The van der Waals surface area contributed by atoms with E-state index in [9.17, 15) is 4.79 Å². The molecule has 0 unspecified atom stereocenters. The maximum absolute atomic E-state index is 11.0. The van der Waals surface area contributed by atoms with Crippen LogP contribution >= 0.6 is 11.3 Å². The molecule has 114 valence electrons. The molecule has 1 aromatic carbocycles. The molecule has 0 saturated carbocycles. The SMILES string of the molecule is CC(=O)NCc1cc2cc(C)c(OCc3cscn3)cc2[nH]1. The predicted octanol–water partition coefficient (Wildman–Crippen LogP) is 3.15. The third-order valence-corrected chi connectivity index (χ3v) is 3.99. The lowest BCUT2D eigenvalue weighted by Gasteiger charge is -2.08. The van der Waals surface area contributed by atoms with Gasteiger partial charge in [-0.25, -0.2) is 4.98 Å². The van der Waals surface area contributed by atoms with Crippen molar-refractivity contribution in [3.8, 4) is 5.75 Å². The van der Waals surface area contributed by atoms with Crippen molar-refractivity contribution >= 4 is 28.1 Å². The van der Waals surface area contributed by atoms with Gasteiger partial charge in [0.25, 0.3) is 0 Å². The highest BCUT2D eigenvalue weighted by atomic mass is 32.1. The second kappa shape index (κ2) is 6.19. The summed E-state index contributed by atoms with van der Waals surface area (Å²) in [4.78, 5) is 18.5. The van der Waals surface area contributed by atoms with Crippen molar-refractivity contribution in [2.45, 2.75) is 27.0 Å². The van der Waals surface area contributed by atoms with Crippen LogP contribution in [0.2, 0.25) is 0 Å². The molecule has 2 N–H and O–H groups in total. The number of fused-ring (bicyclic) bond motifs is 1. The average molecular weight is 315 g/mol. The van der Waals surface area contributed by atoms with Crippen LogP contribution < -0.4 is 10.1 Å². The summed E-state index contributed by atoms with van der Waals surface area (Å²) in [7, 11) is 0. The van der Waals surface area contributed by atoms with Crippen LogP contribution in [0, 0.1) is 6.92 Å². The van der Waals surface area contributed by atoms with Crippen LogP contribution in [0.15, 0.2) is 29.1 Å². The van der Waals surface area contributed by atoms with Crippen LogP contribution in [-0.2, 0) is 17.9 Å². The number of nitrogens with zero attached hydrogens (tertiary/aromatic N) is 1. The molecule has 6 heteroatoms. The van der Waals surface area contributed by atoms with Gasteiger partial charge in [0.2, 0.25) is 5.91 Å². The fourth-order valence-corrected chi connectivity index (χ4v) is 2.81. The highest BCUT2D eigenvalue weighted by Gasteiger charge is 2.07. The van der Waals surface area contributed by atoms with E-state index in [1.54, 1.807) is 16.8 Å². The molecule has 2 heterocycles. The molecule has 2 aromatic heterocycles. The van der Waals surface area contributed by atoms with E-state index in [-0.39, 0.29) is 5.91 Å². The lowest BCUT2D eigenvalue weighted by Crippen LogP contribution is -2.18.